The van der Waals surface area contributed by atoms with Gasteiger partial charge in [0.1, 0.15) is 5.54 Å². The third-order valence-electron chi connectivity index (χ3n) is 4.48. The molecule has 0 saturated carbocycles. The zero-order chi connectivity index (χ0) is 19.2. The molecule has 0 radical (unpaired) electrons. The molecule has 2 amide bonds. The number of carbonyl (C=O) groups is 2. The summed E-state index contributed by atoms with van der Waals surface area (Å²) in [5.74, 6) is -0.376. The molecule has 5 heteroatoms. The van der Waals surface area contributed by atoms with Gasteiger partial charge in [-0.05, 0) is 43.5 Å². The second-order valence-corrected chi connectivity index (χ2v) is 6.73. The van der Waals surface area contributed by atoms with Crippen molar-refractivity contribution in [2.24, 2.45) is 5.73 Å². The lowest BCUT2D eigenvalue weighted by molar-refractivity contribution is -0.126. The van der Waals surface area contributed by atoms with Crippen molar-refractivity contribution in [3.63, 3.8) is 0 Å². The molecule has 26 heavy (non-hydrogen) atoms. The number of carbonyl (C=O) groups excluding carboxylic acids is 2. The Kier molecular flexibility index (Phi) is 6.52. The maximum atomic E-state index is 12.5. The summed E-state index contributed by atoms with van der Waals surface area (Å²) in [5.41, 5.74) is 7.27. The number of hydrogen-bond donors (Lipinski definition) is 3. The van der Waals surface area contributed by atoms with Crippen molar-refractivity contribution >= 4 is 11.8 Å². The van der Waals surface area contributed by atoms with Crippen molar-refractivity contribution in [3.05, 3.63) is 71.3 Å². The molecule has 5 nitrogen and oxygen atoms in total. The number of hydrogen-bond acceptors (Lipinski definition) is 3. The number of nitrogens with two attached hydrogens (primary N) is 1. The molecule has 0 fully saturated rings. The Hall–Kier alpha value is -2.66. The van der Waals surface area contributed by atoms with Crippen LogP contribution in [-0.2, 0) is 16.9 Å². The molecule has 4 N–H and O–H groups in total. The predicted octanol–water partition coefficient (Wildman–Crippen LogP) is 2.71. The molecule has 0 saturated heterocycles. The van der Waals surface area contributed by atoms with Crippen LogP contribution in [0, 0.1) is 0 Å². The second kappa shape index (κ2) is 8.63. The van der Waals surface area contributed by atoms with E-state index in [0.29, 0.717) is 12.1 Å². The fraction of sp³-hybridized carbons (Fsp3) is 0.333. The Bertz CT molecular complexity index is 757. The normalized spacial score (nSPS) is 14.2. The molecule has 2 unspecified atom stereocenters. The van der Waals surface area contributed by atoms with E-state index in [1.807, 2.05) is 56.3 Å². The average molecular weight is 353 g/mol. The number of nitrogens with one attached hydrogen (secondary N) is 2. The predicted molar refractivity (Wildman–Crippen MR) is 103 cm³/mol. The topological polar surface area (TPSA) is 84.2 Å². The van der Waals surface area contributed by atoms with E-state index < -0.39 is 5.54 Å². The van der Waals surface area contributed by atoms with Crippen LogP contribution < -0.4 is 16.4 Å². The van der Waals surface area contributed by atoms with Crippen LogP contribution >= 0.6 is 0 Å². The van der Waals surface area contributed by atoms with E-state index in [1.165, 1.54) is 0 Å². The summed E-state index contributed by atoms with van der Waals surface area (Å²) >= 11 is 0. The van der Waals surface area contributed by atoms with Crippen LogP contribution in [0.3, 0.4) is 0 Å². The lowest BCUT2D eigenvalue weighted by Gasteiger charge is -2.24. The monoisotopic (exact) mass is 353 g/mol. The maximum absolute atomic E-state index is 12.5. The summed E-state index contributed by atoms with van der Waals surface area (Å²) in [7, 11) is 0. The van der Waals surface area contributed by atoms with Gasteiger partial charge in [-0.2, -0.15) is 0 Å². The smallest absolute Gasteiger partial charge is 0.251 e. The van der Waals surface area contributed by atoms with Gasteiger partial charge in [0.05, 0.1) is 0 Å². The number of benzene rings is 2. The van der Waals surface area contributed by atoms with Gasteiger partial charge in [0.15, 0.2) is 0 Å². The highest BCUT2D eigenvalue weighted by molar-refractivity contribution is 5.94. The summed E-state index contributed by atoms with van der Waals surface area (Å²) < 4.78 is 0. The summed E-state index contributed by atoms with van der Waals surface area (Å²) in [4.78, 5) is 24.8. The van der Waals surface area contributed by atoms with Crippen molar-refractivity contribution in [1.29, 1.82) is 0 Å². The van der Waals surface area contributed by atoms with Crippen molar-refractivity contribution in [1.82, 2.24) is 10.6 Å². The molecule has 2 aromatic rings. The Labute approximate surface area is 155 Å². The fourth-order valence-corrected chi connectivity index (χ4v) is 2.51. The quantitative estimate of drug-likeness (QED) is 0.715. The molecular formula is C21H27N3O2. The molecule has 0 aliphatic heterocycles. The first-order chi connectivity index (χ1) is 12.3. The summed E-state index contributed by atoms with van der Waals surface area (Å²) in [6.07, 6.45) is 0.871. The van der Waals surface area contributed by atoms with Crippen LogP contribution in [0.1, 0.15) is 48.7 Å². The fourth-order valence-electron chi connectivity index (χ4n) is 2.51. The number of amides is 2. The molecule has 0 aromatic heterocycles. The molecule has 0 bridgehead atoms. The molecule has 2 aromatic carbocycles. The first kappa shape index (κ1) is 19.7. The van der Waals surface area contributed by atoms with E-state index in [-0.39, 0.29) is 17.9 Å². The van der Waals surface area contributed by atoms with Crippen molar-refractivity contribution in [2.75, 3.05) is 0 Å². The van der Waals surface area contributed by atoms with E-state index in [2.05, 4.69) is 10.6 Å². The Balaban J connectivity index is 2.02. The maximum Gasteiger partial charge on any atom is 0.251 e. The molecule has 0 aliphatic rings. The summed E-state index contributed by atoms with van der Waals surface area (Å²) in [6.45, 7) is 5.98. The molecule has 0 aliphatic carbocycles. The highest BCUT2D eigenvalue weighted by Gasteiger charge is 2.29. The average Bonchev–Trinajstić information content (AvgIpc) is 2.66. The Morgan fingerprint density at radius 2 is 1.81 bits per heavy atom. The molecule has 0 spiro atoms. The summed E-state index contributed by atoms with van der Waals surface area (Å²) in [5, 5.41) is 5.80. The van der Waals surface area contributed by atoms with Gasteiger partial charge in [-0.3, -0.25) is 9.59 Å². The van der Waals surface area contributed by atoms with Crippen molar-refractivity contribution in [3.8, 4) is 0 Å². The van der Waals surface area contributed by atoms with Gasteiger partial charge >= 0.3 is 0 Å². The van der Waals surface area contributed by atoms with Gasteiger partial charge in [0.2, 0.25) is 5.91 Å². The van der Waals surface area contributed by atoms with Crippen LogP contribution in [0.4, 0.5) is 0 Å². The van der Waals surface area contributed by atoms with Gasteiger partial charge in [-0.25, -0.2) is 0 Å². The van der Waals surface area contributed by atoms with Crippen molar-refractivity contribution < 1.29 is 9.59 Å². The van der Waals surface area contributed by atoms with Crippen molar-refractivity contribution in [2.45, 2.75) is 45.3 Å². The largest absolute Gasteiger partial charge is 0.350 e. The van der Waals surface area contributed by atoms with Crippen LogP contribution in [0.2, 0.25) is 0 Å². The Morgan fingerprint density at radius 1 is 1.12 bits per heavy atom. The lowest BCUT2D eigenvalue weighted by atomic mass is 9.92. The van der Waals surface area contributed by atoms with Gasteiger partial charge in [-0.15, -0.1) is 0 Å². The lowest BCUT2D eigenvalue weighted by Crippen LogP contribution is -2.48. The first-order valence-corrected chi connectivity index (χ1v) is 8.87. The minimum Gasteiger partial charge on any atom is -0.350 e. The standard InChI is InChI=1S/C21H27N3O2/c1-4-15(2)24-19(25)17-10-8-9-16(13-17)14-23-20(26)21(3,22)18-11-6-5-7-12-18/h5-13,15H,4,14,22H2,1-3H3,(H,23,26)(H,24,25). The molecule has 2 atom stereocenters. The molecule has 0 heterocycles. The van der Waals surface area contributed by atoms with Crippen LogP contribution in [0.5, 0.6) is 0 Å². The second-order valence-electron chi connectivity index (χ2n) is 6.73. The number of rotatable bonds is 7. The van der Waals surface area contributed by atoms with E-state index >= 15 is 0 Å². The minimum atomic E-state index is -1.12. The molecular weight excluding hydrogens is 326 g/mol. The third kappa shape index (κ3) is 4.92. The van der Waals surface area contributed by atoms with Crippen LogP contribution in [0.25, 0.3) is 0 Å². The van der Waals surface area contributed by atoms with Gasteiger partial charge in [0.25, 0.3) is 5.91 Å². The van der Waals surface area contributed by atoms with E-state index in [1.54, 1.807) is 19.1 Å². The van der Waals surface area contributed by atoms with Crippen LogP contribution in [0.15, 0.2) is 54.6 Å². The van der Waals surface area contributed by atoms with Crippen LogP contribution in [-0.4, -0.2) is 17.9 Å². The zero-order valence-electron chi connectivity index (χ0n) is 15.6. The first-order valence-electron chi connectivity index (χ1n) is 8.87. The van der Waals surface area contributed by atoms with Gasteiger partial charge < -0.3 is 16.4 Å². The van der Waals surface area contributed by atoms with E-state index in [9.17, 15) is 9.59 Å². The summed E-state index contributed by atoms with van der Waals surface area (Å²) in [6, 6.07) is 16.6. The highest BCUT2D eigenvalue weighted by Crippen LogP contribution is 2.17. The van der Waals surface area contributed by atoms with E-state index in [4.69, 9.17) is 5.73 Å². The van der Waals surface area contributed by atoms with E-state index in [0.717, 1.165) is 17.5 Å². The highest BCUT2D eigenvalue weighted by atomic mass is 16.2. The minimum absolute atomic E-state index is 0.111. The zero-order valence-corrected chi connectivity index (χ0v) is 15.6. The Morgan fingerprint density at radius 3 is 2.46 bits per heavy atom. The molecule has 2 rings (SSSR count). The molecule has 138 valence electrons. The third-order valence-corrected chi connectivity index (χ3v) is 4.48. The SMILES string of the molecule is CCC(C)NC(=O)c1cccc(CNC(=O)C(C)(N)c2ccccc2)c1. The van der Waals surface area contributed by atoms with Gasteiger partial charge in [-0.1, -0.05) is 49.4 Å². The van der Waals surface area contributed by atoms with Gasteiger partial charge in [0, 0.05) is 18.2 Å².